The maximum Gasteiger partial charge on any atom is 0.0573 e. The molecule has 2 fully saturated rings. The van der Waals surface area contributed by atoms with E-state index in [1.165, 1.54) is 32.1 Å². The zero-order chi connectivity index (χ0) is 8.10. The number of hydrogen-bond donors (Lipinski definition) is 0. The second-order valence-corrected chi connectivity index (χ2v) is 3.22. The normalized spacial score (nSPS) is 23.5. The highest BCUT2D eigenvalue weighted by Crippen LogP contribution is 2.21. The van der Waals surface area contributed by atoms with Gasteiger partial charge in [0.05, 0.1) is 12.2 Å². The summed E-state index contributed by atoms with van der Waals surface area (Å²) in [6.07, 6.45) is 7.78. The maximum atomic E-state index is 4.99. The number of rotatable bonds is 2. The predicted molar refractivity (Wildman–Crippen MR) is 44.7 cm³/mol. The first kappa shape index (κ1) is 9.01. The molecule has 66 valence electrons. The van der Waals surface area contributed by atoms with Crippen molar-refractivity contribution in [2.75, 3.05) is 14.2 Å². The molecule has 0 aromatic heterocycles. The highest BCUT2D eigenvalue weighted by Gasteiger charge is 2.19. The topological polar surface area (TPSA) is 18.5 Å². The minimum absolute atomic E-state index is 0.616. The second kappa shape index (κ2) is 4.73. The van der Waals surface area contributed by atoms with Crippen LogP contribution in [0.5, 0.6) is 0 Å². The minimum atomic E-state index is 0.616. The van der Waals surface area contributed by atoms with Gasteiger partial charge >= 0.3 is 0 Å². The summed E-state index contributed by atoms with van der Waals surface area (Å²) in [5.41, 5.74) is 0. The Balaban J connectivity index is 0.000000112. The van der Waals surface area contributed by atoms with Crippen LogP contribution >= 0.6 is 0 Å². The van der Waals surface area contributed by atoms with Crippen LogP contribution in [0.1, 0.15) is 32.1 Å². The third-order valence-electron chi connectivity index (χ3n) is 2.24. The molecule has 2 saturated carbocycles. The van der Waals surface area contributed by atoms with E-state index in [-0.39, 0.29) is 0 Å². The molecule has 0 N–H and O–H groups in total. The van der Waals surface area contributed by atoms with Crippen LogP contribution in [0.3, 0.4) is 0 Å². The van der Waals surface area contributed by atoms with Gasteiger partial charge in [0.1, 0.15) is 0 Å². The molecule has 11 heavy (non-hydrogen) atoms. The summed E-state index contributed by atoms with van der Waals surface area (Å²) in [6.45, 7) is 0. The summed E-state index contributed by atoms with van der Waals surface area (Å²) in [6, 6.07) is 0. The Morgan fingerprint density at radius 1 is 0.818 bits per heavy atom. The van der Waals surface area contributed by atoms with Crippen molar-refractivity contribution < 1.29 is 9.47 Å². The lowest BCUT2D eigenvalue weighted by Gasteiger charge is -2.22. The molecule has 0 saturated heterocycles. The predicted octanol–water partition coefficient (Wildman–Crippen LogP) is 1.98. The summed E-state index contributed by atoms with van der Waals surface area (Å²) in [4.78, 5) is 0. The van der Waals surface area contributed by atoms with Crippen molar-refractivity contribution in [1.29, 1.82) is 0 Å². The van der Waals surface area contributed by atoms with Crippen LogP contribution in [-0.4, -0.2) is 26.4 Å². The van der Waals surface area contributed by atoms with Gasteiger partial charge < -0.3 is 9.47 Å². The molecule has 0 aliphatic heterocycles. The molecular weight excluding hydrogens is 140 g/mol. The Bertz CT molecular complexity index is 93.0. The molecule has 2 nitrogen and oxygen atoms in total. The van der Waals surface area contributed by atoms with Gasteiger partial charge in [-0.2, -0.15) is 0 Å². The molecule has 2 aliphatic carbocycles. The van der Waals surface area contributed by atoms with E-state index in [2.05, 4.69) is 0 Å². The maximum absolute atomic E-state index is 4.99. The first-order chi connectivity index (χ1) is 5.36. The summed E-state index contributed by atoms with van der Waals surface area (Å²) >= 11 is 0. The van der Waals surface area contributed by atoms with Crippen molar-refractivity contribution in [2.24, 2.45) is 0 Å². The Hall–Kier alpha value is -0.0800. The zero-order valence-corrected chi connectivity index (χ0v) is 7.51. The van der Waals surface area contributed by atoms with Gasteiger partial charge in [0, 0.05) is 14.2 Å². The largest absolute Gasteiger partial charge is 0.381 e. The summed E-state index contributed by atoms with van der Waals surface area (Å²) in [7, 11) is 3.54. The Morgan fingerprint density at radius 3 is 1.27 bits per heavy atom. The molecule has 2 rings (SSSR count). The first-order valence-electron chi connectivity index (χ1n) is 4.42. The zero-order valence-electron chi connectivity index (χ0n) is 7.51. The fraction of sp³-hybridized carbons (Fsp3) is 1.00. The average Bonchev–Trinajstić information content (AvgIpc) is 2.67. The van der Waals surface area contributed by atoms with Gasteiger partial charge in [-0.15, -0.1) is 0 Å². The van der Waals surface area contributed by atoms with E-state index in [4.69, 9.17) is 9.47 Å². The Labute approximate surface area is 68.9 Å². The minimum Gasteiger partial charge on any atom is -0.381 e. The number of hydrogen-bond acceptors (Lipinski definition) is 2. The van der Waals surface area contributed by atoms with Crippen LogP contribution in [0.15, 0.2) is 0 Å². The Morgan fingerprint density at radius 2 is 1.27 bits per heavy atom. The summed E-state index contributed by atoms with van der Waals surface area (Å²) in [5, 5.41) is 0. The van der Waals surface area contributed by atoms with E-state index in [1.807, 2.05) is 0 Å². The number of ether oxygens (including phenoxy) is 2. The third kappa shape index (κ3) is 3.73. The molecule has 0 spiro atoms. The highest BCUT2D eigenvalue weighted by atomic mass is 16.5. The lowest BCUT2D eigenvalue weighted by Crippen LogP contribution is -2.18. The van der Waals surface area contributed by atoms with Crippen molar-refractivity contribution in [1.82, 2.24) is 0 Å². The third-order valence-corrected chi connectivity index (χ3v) is 2.24. The highest BCUT2D eigenvalue weighted by molar-refractivity contribution is 4.71. The van der Waals surface area contributed by atoms with Crippen LogP contribution in [0.25, 0.3) is 0 Å². The van der Waals surface area contributed by atoms with Gasteiger partial charge in [-0.25, -0.2) is 0 Å². The summed E-state index contributed by atoms with van der Waals surface area (Å²) in [5.74, 6) is 0. The molecular formula is C9H18O2. The standard InChI is InChI=1S/C5H10O.C4H8O/c1-6-5-3-2-4-5;1-5-4-2-3-4/h5H,2-4H2,1H3;4H,2-3H2,1H3. The van der Waals surface area contributed by atoms with Crippen molar-refractivity contribution in [3.05, 3.63) is 0 Å². The molecule has 2 aliphatic rings. The quantitative estimate of drug-likeness (QED) is 0.611. The van der Waals surface area contributed by atoms with Gasteiger partial charge in [-0.3, -0.25) is 0 Å². The monoisotopic (exact) mass is 158 g/mol. The van der Waals surface area contributed by atoms with Crippen LogP contribution < -0.4 is 0 Å². The van der Waals surface area contributed by atoms with E-state index >= 15 is 0 Å². The van der Waals surface area contributed by atoms with Gasteiger partial charge in [0.2, 0.25) is 0 Å². The fourth-order valence-electron chi connectivity index (χ4n) is 0.910. The molecule has 0 unspecified atom stereocenters. The molecule has 0 bridgehead atoms. The van der Waals surface area contributed by atoms with E-state index in [9.17, 15) is 0 Å². The van der Waals surface area contributed by atoms with Crippen LogP contribution in [0.2, 0.25) is 0 Å². The molecule has 0 amide bonds. The van der Waals surface area contributed by atoms with E-state index in [0.717, 1.165) is 0 Å². The first-order valence-corrected chi connectivity index (χ1v) is 4.42. The average molecular weight is 158 g/mol. The van der Waals surface area contributed by atoms with Crippen LogP contribution in [-0.2, 0) is 9.47 Å². The molecule has 0 aromatic carbocycles. The van der Waals surface area contributed by atoms with Crippen molar-refractivity contribution >= 4 is 0 Å². The molecule has 0 heterocycles. The molecule has 0 radical (unpaired) electrons. The smallest absolute Gasteiger partial charge is 0.0573 e. The van der Waals surface area contributed by atoms with Crippen LogP contribution in [0, 0.1) is 0 Å². The van der Waals surface area contributed by atoms with Crippen molar-refractivity contribution in [3.63, 3.8) is 0 Å². The lowest BCUT2D eigenvalue weighted by atomic mass is 9.96. The summed E-state index contributed by atoms with van der Waals surface area (Å²) < 4.78 is 9.85. The van der Waals surface area contributed by atoms with Crippen LogP contribution in [0.4, 0.5) is 0 Å². The van der Waals surface area contributed by atoms with E-state index in [0.29, 0.717) is 12.2 Å². The lowest BCUT2D eigenvalue weighted by molar-refractivity contribution is 0.0412. The molecule has 0 aromatic rings. The van der Waals surface area contributed by atoms with E-state index in [1.54, 1.807) is 14.2 Å². The fourth-order valence-corrected chi connectivity index (χ4v) is 0.910. The molecule has 2 heteroatoms. The van der Waals surface area contributed by atoms with Crippen molar-refractivity contribution in [2.45, 2.75) is 44.3 Å². The number of methoxy groups -OCH3 is 2. The van der Waals surface area contributed by atoms with Gasteiger partial charge in [-0.05, 0) is 32.1 Å². The van der Waals surface area contributed by atoms with Crippen molar-refractivity contribution in [3.8, 4) is 0 Å². The van der Waals surface area contributed by atoms with Gasteiger partial charge in [0.15, 0.2) is 0 Å². The molecule has 0 atom stereocenters. The van der Waals surface area contributed by atoms with E-state index < -0.39 is 0 Å². The van der Waals surface area contributed by atoms with Gasteiger partial charge in [0.25, 0.3) is 0 Å². The SMILES string of the molecule is COC1CC1.COC1CCC1. The van der Waals surface area contributed by atoms with Gasteiger partial charge in [-0.1, -0.05) is 0 Å². The Kier molecular flexibility index (Phi) is 3.87. The second-order valence-electron chi connectivity index (χ2n) is 3.22.